The lowest BCUT2D eigenvalue weighted by atomic mass is 10.2. The van der Waals surface area contributed by atoms with Crippen molar-refractivity contribution in [3.8, 4) is 5.75 Å². The molecule has 0 radical (unpaired) electrons. The molecule has 0 bridgehead atoms. The summed E-state index contributed by atoms with van der Waals surface area (Å²) in [6, 6.07) is 16.3. The third kappa shape index (κ3) is 4.89. The third-order valence-corrected chi connectivity index (χ3v) is 6.59. The van der Waals surface area contributed by atoms with E-state index in [1.54, 1.807) is 6.92 Å². The van der Waals surface area contributed by atoms with Gasteiger partial charge in [-0.2, -0.15) is 0 Å². The Morgan fingerprint density at radius 3 is 2.41 bits per heavy atom. The molecule has 3 aromatic rings. The number of aromatic nitrogens is 1. The Morgan fingerprint density at radius 2 is 1.66 bits per heavy atom. The largest absolute Gasteiger partial charge is 0.492 e. The number of nitrogens with one attached hydrogen (secondary N) is 2. The monoisotopic (exact) mass is 415 g/mol. The first-order valence-electron chi connectivity index (χ1n) is 9.36. The summed E-state index contributed by atoms with van der Waals surface area (Å²) in [5.41, 5.74) is 1.56. The predicted octanol–water partition coefficient (Wildman–Crippen LogP) is 2.64. The highest BCUT2D eigenvalue weighted by atomic mass is 32.2. The summed E-state index contributed by atoms with van der Waals surface area (Å²) >= 11 is 0. The fourth-order valence-corrected chi connectivity index (χ4v) is 4.86. The van der Waals surface area contributed by atoms with Gasteiger partial charge in [0.2, 0.25) is 0 Å². The van der Waals surface area contributed by atoms with Crippen molar-refractivity contribution in [3.05, 3.63) is 60.3 Å². The van der Waals surface area contributed by atoms with Crippen molar-refractivity contribution < 1.29 is 17.9 Å². The van der Waals surface area contributed by atoms with Crippen LogP contribution in [0.25, 0.3) is 10.9 Å². The standard InChI is InChI=1S/C21H25N3O4S/c1-16-20(18-10-6-7-11-19(18)24(16)2)29(26,27)15-13-23-21(25)22-12-14-28-17-8-4-3-5-9-17/h3-11H,12-15H2,1-2H3,(H2,22,23,25). The Kier molecular flexibility index (Phi) is 6.43. The van der Waals surface area contributed by atoms with Crippen molar-refractivity contribution in [1.29, 1.82) is 0 Å². The molecule has 2 aromatic carbocycles. The van der Waals surface area contributed by atoms with E-state index in [-0.39, 0.29) is 12.3 Å². The Balaban J connectivity index is 1.50. The Morgan fingerprint density at radius 1 is 1.00 bits per heavy atom. The molecule has 1 heterocycles. The molecule has 0 saturated heterocycles. The summed E-state index contributed by atoms with van der Waals surface area (Å²) in [7, 11) is -1.69. The normalized spacial score (nSPS) is 11.4. The van der Waals surface area contributed by atoms with Crippen molar-refractivity contribution in [2.75, 3.05) is 25.4 Å². The van der Waals surface area contributed by atoms with Crippen molar-refractivity contribution in [2.24, 2.45) is 7.05 Å². The SMILES string of the molecule is Cc1c(S(=O)(=O)CCNC(=O)NCCOc2ccccc2)c2ccccc2n1C. The van der Waals surface area contributed by atoms with E-state index < -0.39 is 15.9 Å². The first-order chi connectivity index (χ1) is 13.9. The smallest absolute Gasteiger partial charge is 0.314 e. The zero-order valence-electron chi connectivity index (χ0n) is 16.5. The van der Waals surface area contributed by atoms with E-state index in [0.717, 1.165) is 11.3 Å². The number of hydrogen-bond donors (Lipinski definition) is 2. The molecule has 0 aliphatic heterocycles. The summed E-state index contributed by atoms with van der Waals surface area (Å²) in [5.74, 6) is 0.557. The van der Waals surface area contributed by atoms with Crippen LogP contribution in [0.2, 0.25) is 0 Å². The van der Waals surface area contributed by atoms with Gasteiger partial charge >= 0.3 is 6.03 Å². The molecular formula is C21H25N3O4S. The molecule has 0 saturated carbocycles. The number of amides is 2. The maximum Gasteiger partial charge on any atom is 0.314 e. The van der Waals surface area contributed by atoms with Crippen LogP contribution in [0, 0.1) is 6.92 Å². The Hall–Kier alpha value is -3.00. The fraction of sp³-hybridized carbons (Fsp3) is 0.286. The third-order valence-electron chi connectivity index (χ3n) is 4.71. The van der Waals surface area contributed by atoms with Crippen molar-refractivity contribution in [1.82, 2.24) is 15.2 Å². The minimum Gasteiger partial charge on any atom is -0.492 e. The highest BCUT2D eigenvalue weighted by molar-refractivity contribution is 7.91. The zero-order chi connectivity index (χ0) is 20.9. The molecule has 0 unspecified atom stereocenters. The number of urea groups is 1. The van der Waals surface area contributed by atoms with Crippen molar-refractivity contribution >= 4 is 26.8 Å². The zero-order valence-corrected chi connectivity index (χ0v) is 17.3. The molecule has 2 N–H and O–H groups in total. The summed E-state index contributed by atoms with van der Waals surface area (Å²) in [5, 5.41) is 5.94. The van der Waals surface area contributed by atoms with Gasteiger partial charge in [-0.05, 0) is 25.1 Å². The summed E-state index contributed by atoms with van der Waals surface area (Å²) in [6.45, 7) is 2.46. The number of hydrogen-bond acceptors (Lipinski definition) is 4. The van der Waals surface area contributed by atoms with Crippen molar-refractivity contribution in [2.45, 2.75) is 11.8 Å². The first kappa shape index (κ1) is 20.7. The minimum atomic E-state index is -3.54. The fourth-order valence-electron chi connectivity index (χ4n) is 3.19. The van der Waals surface area contributed by atoms with Gasteiger partial charge in [0.15, 0.2) is 9.84 Å². The van der Waals surface area contributed by atoms with Gasteiger partial charge in [-0.15, -0.1) is 0 Å². The summed E-state index contributed by atoms with van der Waals surface area (Å²) in [6.07, 6.45) is 0. The van der Waals surface area contributed by atoms with E-state index in [0.29, 0.717) is 29.1 Å². The Labute approximate surface area is 170 Å². The minimum absolute atomic E-state index is 0.0242. The van der Waals surface area contributed by atoms with Crippen LogP contribution in [-0.4, -0.2) is 44.5 Å². The summed E-state index contributed by atoms with van der Waals surface area (Å²) < 4.78 is 33.1. The number of fused-ring (bicyclic) bond motifs is 1. The molecule has 0 aliphatic rings. The van der Waals surface area contributed by atoms with Gasteiger partial charge in [0.05, 0.1) is 17.2 Å². The van der Waals surface area contributed by atoms with Crippen LogP contribution in [-0.2, 0) is 16.9 Å². The molecule has 7 nitrogen and oxygen atoms in total. The van der Waals surface area contributed by atoms with E-state index in [1.807, 2.05) is 66.2 Å². The quantitative estimate of drug-likeness (QED) is 0.554. The van der Waals surface area contributed by atoms with Crippen LogP contribution in [0.4, 0.5) is 4.79 Å². The molecule has 2 amide bonds. The second-order valence-corrected chi connectivity index (χ2v) is 8.70. The first-order valence-corrected chi connectivity index (χ1v) is 11.0. The van der Waals surface area contributed by atoms with Gasteiger partial charge in [0.1, 0.15) is 12.4 Å². The lowest BCUT2D eigenvalue weighted by Gasteiger charge is -2.10. The number of nitrogens with zero attached hydrogens (tertiary/aromatic N) is 1. The van der Waals surface area contributed by atoms with E-state index in [1.165, 1.54) is 0 Å². The maximum absolute atomic E-state index is 12.9. The van der Waals surface area contributed by atoms with E-state index >= 15 is 0 Å². The lowest BCUT2D eigenvalue weighted by molar-refractivity contribution is 0.237. The molecule has 0 spiro atoms. The highest BCUT2D eigenvalue weighted by Crippen LogP contribution is 2.29. The van der Waals surface area contributed by atoms with Crippen LogP contribution in [0.15, 0.2) is 59.5 Å². The number of benzene rings is 2. The number of carbonyl (C=O) groups is 1. The number of para-hydroxylation sites is 2. The number of carbonyl (C=O) groups excluding carboxylic acids is 1. The molecule has 1 aromatic heterocycles. The molecule has 8 heteroatoms. The Bertz CT molecular complexity index is 1090. The van der Waals surface area contributed by atoms with Gasteiger partial charge in [0.25, 0.3) is 0 Å². The molecular weight excluding hydrogens is 390 g/mol. The number of ether oxygens (including phenoxy) is 1. The molecule has 3 rings (SSSR count). The van der Waals surface area contributed by atoms with Gasteiger partial charge in [-0.3, -0.25) is 0 Å². The van der Waals surface area contributed by atoms with Crippen LogP contribution >= 0.6 is 0 Å². The number of aryl methyl sites for hydroxylation is 1. The molecule has 29 heavy (non-hydrogen) atoms. The molecule has 0 atom stereocenters. The lowest BCUT2D eigenvalue weighted by Crippen LogP contribution is -2.39. The van der Waals surface area contributed by atoms with Gasteiger partial charge in [0, 0.05) is 30.2 Å². The second-order valence-electron chi connectivity index (χ2n) is 6.65. The van der Waals surface area contributed by atoms with Gasteiger partial charge in [-0.1, -0.05) is 36.4 Å². The maximum atomic E-state index is 12.9. The number of sulfone groups is 1. The predicted molar refractivity (Wildman–Crippen MR) is 113 cm³/mol. The van der Waals surface area contributed by atoms with Crippen LogP contribution in [0.1, 0.15) is 5.69 Å². The van der Waals surface area contributed by atoms with Crippen molar-refractivity contribution in [3.63, 3.8) is 0 Å². The molecule has 0 fully saturated rings. The van der Waals surface area contributed by atoms with Crippen LogP contribution in [0.5, 0.6) is 5.75 Å². The topological polar surface area (TPSA) is 89.4 Å². The highest BCUT2D eigenvalue weighted by Gasteiger charge is 2.23. The van der Waals surface area contributed by atoms with E-state index in [4.69, 9.17) is 4.74 Å². The van der Waals surface area contributed by atoms with Gasteiger partial charge < -0.3 is 19.9 Å². The second kappa shape index (κ2) is 9.00. The van der Waals surface area contributed by atoms with E-state index in [2.05, 4.69) is 10.6 Å². The van der Waals surface area contributed by atoms with Crippen LogP contribution < -0.4 is 15.4 Å². The van der Waals surface area contributed by atoms with E-state index in [9.17, 15) is 13.2 Å². The average Bonchev–Trinajstić information content (AvgIpc) is 2.97. The molecule has 0 aliphatic carbocycles. The average molecular weight is 416 g/mol. The molecule has 154 valence electrons. The van der Waals surface area contributed by atoms with Gasteiger partial charge in [-0.25, -0.2) is 13.2 Å². The van der Waals surface area contributed by atoms with Crippen LogP contribution in [0.3, 0.4) is 0 Å². The summed E-state index contributed by atoms with van der Waals surface area (Å²) in [4.78, 5) is 12.2. The number of rotatable bonds is 8.